The lowest BCUT2D eigenvalue weighted by atomic mass is 9.78. The molecule has 1 heterocycles. The van der Waals surface area contributed by atoms with Crippen molar-refractivity contribution in [1.82, 2.24) is 10.3 Å². The van der Waals surface area contributed by atoms with Crippen LogP contribution in [-0.2, 0) is 19.3 Å². The number of aromatic hydroxyl groups is 1. The van der Waals surface area contributed by atoms with Crippen LogP contribution in [0.3, 0.4) is 0 Å². The van der Waals surface area contributed by atoms with Crippen molar-refractivity contribution < 1.29 is 10.2 Å². The van der Waals surface area contributed by atoms with Crippen LogP contribution >= 0.6 is 0 Å². The Morgan fingerprint density at radius 2 is 1.61 bits per heavy atom. The van der Waals surface area contributed by atoms with E-state index in [1.807, 2.05) is 6.07 Å². The number of hydrogen-bond donors (Lipinski definition) is 4. The summed E-state index contributed by atoms with van der Waals surface area (Å²) < 4.78 is 0. The summed E-state index contributed by atoms with van der Waals surface area (Å²) in [6.45, 7) is 1.16. The summed E-state index contributed by atoms with van der Waals surface area (Å²) >= 11 is 0. The summed E-state index contributed by atoms with van der Waals surface area (Å²) in [7, 11) is 0. The molecule has 0 bridgehead atoms. The highest BCUT2D eigenvalue weighted by molar-refractivity contribution is 5.87. The van der Waals surface area contributed by atoms with Crippen LogP contribution in [0.2, 0.25) is 0 Å². The van der Waals surface area contributed by atoms with Gasteiger partial charge in [0.2, 0.25) is 5.56 Å². The van der Waals surface area contributed by atoms with E-state index in [2.05, 4.69) is 58.8 Å². The summed E-state index contributed by atoms with van der Waals surface area (Å²) in [6.07, 6.45) is 2.21. The van der Waals surface area contributed by atoms with Gasteiger partial charge in [-0.1, -0.05) is 60.7 Å². The van der Waals surface area contributed by atoms with Crippen molar-refractivity contribution in [2.24, 2.45) is 5.41 Å². The number of benzene rings is 3. The van der Waals surface area contributed by atoms with E-state index in [-0.39, 0.29) is 16.7 Å². The van der Waals surface area contributed by atoms with Gasteiger partial charge in [-0.25, -0.2) is 0 Å². The number of phenols is 1. The number of phenolic OH excluding ortho intramolecular Hbond substituents is 1. The van der Waals surface area contributed by atoms with E-state index in [9.17, 15) is 15.0 Å². The van der Waals surface area contributed by atoms with E-state index in [0.29, 0.717) is 23.0 Å². The maximum atomic E-state index is 11.7. The highest BCUT2D eigenvalue weighted by Crippen LogP contribution is 2.39. The monoisotopic (exact) mass is 440 g/mol. The Bertz CT molecular complexity index is 1310. The lowest BCUT2D eigenvalue weighted by Gasteiger charge is -2.30. The minimum absolute atomic E-state index is 0.00265. The number of nitrogens with one attached hydrogen (secondary N) is 2. The van der Waals surface area contributed by atoms with E-state index >= 15 is 0 Å². The van der Waals surface area contributed by atoms with E-state index in [1.54, 1.807) is 12.1 Å². The minimum Gasteiger partial charge on any atom is -0.506 e. The van der Waals surface area contributed by atoms with Gasteiger partial charge in [0.15, 0.2) is 0 Å². The number of fused-ring (bicyclic) bond motifs is 2. The molecule has 1 atom stereocenters. The summed E-state index contributed by atoms with van der Waals surface area (Å²) in [5.41, 5.74) is 4.93. The molecule has 4 aromatic rings. The Morgan fingerprint density at radius 1 is 0.909 bits per heavy atom. The molecule has 5 nitrogen and oxygen atoms in total. The van der Waals surface area contributed by atoms with Gasteiger partial charge in [0.05, 0.1) is 11.6 Å². The third-order valence-corrected chi connectivity index (χ3v) is 6.77. The average molecular weight is 441 g/mol. The number of aromatic nitrogens is 1. The standard InChI is InChI=1S/C28H28N2O3/c31-24-12-10-22(23-11-13-26(33)30-27(23)24)25(32)17-29-18-28(14-19-6-2-1-3-7-19)15-20-8-4-5-9-21(20)16-28/h1-13,25,29,31-32H,14-18H2,(H,30,33)/t25-/m0/s1. The van der Waals surface area contributed by atoms with E-state index in [0.717, 1.165) is 25.8 Å². The van der Waals surface area contributed by atoms with Gasteiger partial charge < -0.3 is 20.5 Å². The quantitative estimate of drug-likeness (QED) is 0.351. The normalized spacial score (nSPS) is 15.4. The van der Waals surface area contributed by atoms with Gasteiger partial charge >= 0.3 is 0 Å². The Kier molecular flexibility index (Phi) is 5.75. The average Bonchev–Trinajstić information content (AvgIpc) is 3.18. The fraction of sp³-hybridized carbons (Fsp3) is 0.250. The third-order valence-electron chi connectivity index (χ3n) is 6.77. The topological polar surface area (TPSA) is 85.3 Å². The Hall–Kier alpha value is -3.41. The first-order valence-electron chi connectivity index (χ1n) is 11.4. The lowest BCUT2D eigenvalue weighted by molar-refractivity contribution is 0.166. The number of aliphatic hydroxyl groups excluding tert-OH is 1. The van der Waals surface area contributed by atoms with Crippen molar-refractivity contribution >= 4 is 10.9 Å². The smallest absolute Gasteiger partial charge is 0.248 e. The van der Waals surface area contributed by atoms with Crippen molar-refractivity contribution in [2.45, 2.75) is 25.4 Å². The van der Waals surface area contributed by atoms with E-state index in [4.69, 9.17) is 0 Å². The predicted molar refractivity (Wildman–Crippen MR) is 130 cm³/mol. The van der Waals surface area contributed by atoms with E-state index < -0.39 is 6.10 Å². The van der Waals surface area contributed by atoms with Crippen LogP contribution < -0.4 is 10.9 Å². The molecule has 0 radical (unpaired) electrons. The fourth-order valence-corrected chi connectivity index (χ4v) is 5.25. The first-order valence-corrected chi connectivity index (χ1v) is 11.4. The molecule has 33 heavy (non-hydrogen) atoms. The zero-order valence-corrected chi connectivity index (χ0v) is 18.4. The molecule has 5 heteroatoms. The fourth-order valence-electron chi connectivity index (χ4n) is 5.25. The molecule has 1 aromatic heterocycles. The van der Waals surface area contributed by atoms with Crippen LogP contribution in [0.5, 0.6) is 5.75 Å². The zero-order chi connectivity index (χ0) is 22.8. The Balaban J connectivity index is 1.34. The molecule has 0 unspecified atom stereocenters. The molecule has 0 aliphatic heterocycles. The van der Waals surface area contributed by atoms with Gasteiger partial charge in [-0.05, 0) is 59.1 Å². The molecular weight excluding hydrogens is 412 g/mol. The molecule has 1 aliphatic carbocycles. The lowest BCUT2D eigenvalue weighted by Crippen LogP contribution is -2.38. The number of rotatable bonds is 7. The van der Waals surface area contributed by atoms with Gasteiger partial charge in [-0.15, -0.1) is 0 Å². The second-order valence-electron chi connectivity index (χ2n) is 9.22. The van der Waals surface area contributed by atoms with E-state index in [1.165, 1.54) is 28.8 Å². The molecular formula is C28H28N2O3. The second kappa shape index (κ2) is 8.85. The van der Waals surface area contributed by atoms with Crippen LogP contribution in [0, 0.1) is 5.41 Å². The highest BCUT2D eigenvalue weighted by atomic mass is 16.3. The Morgan fingerprint density at radius 3 is 2.33 bits per heavy atom. The molecule has 0 saturated heterocycles. The molecule has 0 spiro atoms. The van der Waals surface area contributed by atoms with Gasteiger partial charge in [-0.3, -0.25) is 4.79 Å². The number of hydrogen-bond acceptors (Lipinski definition) is 4. The van der Waals surface area contributed by atoms with Gasteiger partial charge in [0.1, 0.15) is 5.75 Å². The number of aromatic amines is 1. The number of aliphatic hydroxyl groups is 1. The summed E-state index contributed by atoms with van der Waals surface area (Å²) in [6, 6.07) is 25.5. The summed E-state index contributed by atoms with van der Waals surface area (Å²) in [5, 5.41) is 25.3. The molecule has 5 rings (SSSR count). The molecule has 0 amide bonds. The largest absolute Gasteiger partial charge is 0.506 e. The maximum absolute atomic E-state index is 11.7. The van der Waals surface area contributed by atoms with Crippen LogP contribution in [0.25, 0.3) is 10.9 Å². The van der Waals surface area contributed by atoms with Crippen LogP contribution in [0.1, 0.15) is 28.4 Å². The molecule has 0 saturated carbocycles. The van der Waals surface area contributed by atoms with Crippen molar-refractivity contribution in [3.8, 4) is 5.75 Å². The molecule has 1 aliphatic rings. The second-order valence-corrected chi connectivity index (χ2v) is 9.22. The van der Waals surface area contributed by atoms with Crippen molar-refractivity contribution in [3.05, 3.63) is 111 Å². The van der Waals surface area contributed by atoms with Crippen LogP contribution in [0.15, 0.2) is 83.7 Å². The van der Waals surface area contributed by atoms with Gasteiger partial charge in [0.25, 0.3) is 0 Å². The van der Waals surface area contributed by atoms with Crippen molar-refractivity contribution in [3.63, 3.8) is 0 Å². The minimum atomic E-state index is -0.767. The van der Waals surface area contributed by atoms with Gasteiger partial charge in [-0.2, -0.15) is 0 Å². The molecule has 4 N–H and O–H groups in total. The third kappa shape index (κ3) is 4.42. The highest BCUT2D eigenvalue weighted by Gasteiger charge is 2.37. The van der Waals surface area contributed by atoms with Crippen LogP contribution in [0.4, 0.5) is 0 Å². The molecule has 3 aromatic carbocycles. The molecule has 168 valence electrons. The zero-order valence-electron chi connectivity index (χ0n) is 18.4. The van der Waals surface area contributed by atoms with Crippen molar-refractivity contribution in [2.75, 3.05) is 13.1 Å². The summed E-state index contributed by atoms with van der Waals surface area (Å²) in [5.74, 6) is -0.00265. The first kappa shape index (κ1) is 21.4. The number of H-pyrrole nitrogens is 1. The SMILES string of the molecule is O=c1ccc2c([C@@H](O)CNCC3(Cc4ccccc4)Cc4ccccc4C3)ccc(O)c2[nH]1. The summed E-state index contributed by atoms with van der Waals surface area (Å²) in [4.78, 5) is 14.3. The van der Waals surface area contributed by atoms with Crippen molar-refractivity contribution in [1.29, 1.82) is 0 Å². The first-order chi connectivity index (χ1) is 16.0. The Labute approximate surface area is 192 Å². The predicted octanol–water partition coefficient (Wildman–Crippen LogP) is 3.88. The maximum Gasteiger partial charge on any atom is 0.248 e. The number of pyridine rings is 1. The van der Waals surface area contributed by atoms with Crippen LogP contribution in [-0.4, -0.2) is 28.3 Å². The molecule has 0 fully saturated rings. The van der Waals surface area contributed by atoms with Gasteiger partial charge in [0, 0.05) is 24.5 Å².